The summed E-state index contributed by atoms with van der Waals surface area (Å²) in [4.78, 5) is 0. The first-order valence-corrected chi connectivity index (χ1v) is 5.29. The fourth-order valence-corrected chi connectivity index (χ4v) is 1.82. The van der Waals surface area contributed by atoms with Gasteiger partial charge in [0.25, 0.3) is 0 Å². The Labute approximate surface area is 90.4 Å². The quantitative estimate of drug-likeness (QED) is 0.812. The van der Waals surface area contributed by atoms with E-state index in [2.05, 4.69) is 29.6 Å². The van der Waals surface area contributed by atoms with Crippen molar-refractivity contribution < 1.29 is 9.47 Å². The van der Waals surface area contributed by atoms with Gasteiger partial charge in [-0.15, -0.1) is 0 Å². The van der Waals surface area contributed by atoms with Crippen molar-refractivity contribution >= 4 is 0 Å². The molecular weight excluding hydrogens is 190 g/mol. The molecule has 0 bridgehead atoms. The highest BCUT2D eigenvalue weighted by atomic mass is 16.5. The fraction of sp³-hybridized carbons (Fsp3) is 0.500. The van der Waals surface area contributed by atoms with E-state index in [-0.39, 0.29) is 6.10 Å². The van der Waals surface area contributed by atoms with Crippen molar-refractivity contribution in [2.75, 3.05) is 26.9 Å². The number of morpholine rings is 1. The highest BCUT2D eigenvalue weighted by Crippen LogP contribution is 2.17. The van der Waals surface area contributed by atoms with Crippen LogP contribution in [0.1, 0.15) is 11.6 Å². The van der Waals surface area contributed by atoms with Gasteiger partial charge in [-0.25, -0.2) is 0 Å². The van der Waals surface area contributed by atoms with Crippen LogP contribution in [0.4, 0.5) is 0 Å². The zero-order valence-corrected chi connectivity index (χ0v) is 8.98. The molecule has 0 spiro atoms. The molecule has 82 valence electrons. The highest BCUT2D eigenvalue weighted by molar-refractivity contribution is 5.19. The van der Waals surface area contributed by atoms with E-state index in [0.29, 0.717) is 12.6 Å². The van der Waals surface area contributed by atoms with Gasteiger partial charge in [0.05, 0.1) is 25.4 Å². The Morgan fingerprint density at radius 2 is 2.20 bits per heavy atom. The number of hydrogen-bond acceptors (Lipinski definition) is 3. The van der Waals surface area contributed by atoms with Gasteiger partial charge < -0.3 is 14.8 Å². The van der Waals surface area contributed by atoms with Gasteiger partial charge >= 0.3 is 0 Å². The topological polar surface area (TPSA) is 30.5 Å². The van der Waals surface area contributed by atoms with E-state index in [1.54, 1.807) is 7.11 Å². The van der Waals surface area contributed by atoms with Crippen molar-refractivity contribution in [3.63, 3.8) is 0 Å². The van der Waals surface area contributed by atoms with E-state index in [4.69, 9.17) is 9.47 Å². The normalized spacial score (nSPS) is 26.5. The number of ether oxygens (including phenoxy) is 2. The number of methoxy groups -OCH3 is 1. The van der Waals surface area contributed by atoms with Crippen LogP contribution in [0.3, 0.4) is 0 Å². The van der Waals surface area contributed by atoms with E-state index < -0.39 is 0 Å². The van der Waals surface area contributed by atoms with Crippen molar-refractivity contribution in [1.82, 2.24) is 5.32 Å². The summed E-state index contributed by atoms with van der Waals surface area (Å²) in [5, 5.41) is 3.47. The van der Waals surface area contributed by atoms with Crippen molar-refractivity contribution in [1.29, 1.82) is 0 Å². The minimum atomic E-state index is 0.190. The molecule has 1 N–H and O–H groups in total. The molecule has 2 rings (SSSR count). The summed E-state index contributed by atoms with van der Waals surface area (Å²) in [7, 11) is 1.70. The first-order valence-electron chi connectivity index (χ1n) is 5.29. The number of nitrogens with one attached hydrogen (secondary N) is 1. The van der Waals surface area contributed by atoms with Gasteiger partial charge in [-0.3, -0.25) is 0 Å². The third kappa shape index (κ3) is 2.78. The maximum absolute atomic E-state index is 5.70. The molecular formula is C12H17NO2. The first-order chi connectivity index (χ1) is 7.40. The Morgan fingerprint density at radius 3 is 2.80 bits per heavy atom. The summed E-state index contributed by atoms with van der Waals surface area (Å²) in [5.74, 6) is 0. The minimum absolute atomic E-state index is 0.190. The first kappa shape index (κ1) is 10.6. The zero-order chi connectivity index (χ0) is 10.5. The van der Waals surface area contributed by atoms with Crippen LogP contribution in [-0.2, 0) is 9.47 Å². The summed E-state index contributed by atoms with van der Waals surface area (Å²) in [6.07, 6.45) is 0.190. The smallest absolute Gasteiger partial charge is 0.0933 e. The van der Waals surface area contributed by atoms with Crippen molar-refractivity contribution in [2.24, 2.45) is 0 Å². The second kappa shape index (κ2) is 5.26. The number of benzene rings is 1. The zero-order valence-electron chi connectivity index (χ0n) is 8.98. The lowest BCUT2D eigenvalue weighted by Crippen LogP contribution is -2.43. The summed E-state index contributed by atoms with van der Waals surface area (Å²) in [6.45, 7) is 2.24. The SMILES string of the molecule is COCC1CNC(c2ccccc2)CO1. The molecule has 1 heterocycles. The summed E-state index contributed by atoms with van der Waals surface area (Å²) in [6, 6.07) is 10.7. The van der Waals surface area contributed by atoms with Crippen LogP contribution in [0.25, 0.3) is 0 Å². The molecule has 2 unspecified atom stereocenters. The Morgan fingerprint density at radius 1 is 1.40 bits per heavy atom. The Kier molecular flexibility index (Phi) is 3.72. The van der Waals surface area contributed by atoms with Crippen molar-refractivity contribution in [3.8, 4) is 0 Å². The van der Waals surface area contributed by atoms with Gasteiger partial charge in [0.1, 0.15) is 0 Å². The van der Waals surface area contributed by atoms with Crippen LogP contribution in [0.2, 0.25) is 0 Å². The van der Waals surface area contributed by atoms with Gasteiger partial charge in [0.2, 0.25) is 0 Å². The lowest BCUT2D eigenvalue weighted by molar-refractivity contribution is -0.0363. The molecule has 1 aromatic carbocycles. The summed E-state index contributed by atoms with van der Waals surface area (Å²) < 4.78 is 10.8. The van der Waals surface area contributed by atoms with Gasteiger partial charge in [0.15, 0.2) is 0 Å². The molecule has 1 aromatic rings. The van der Waals surface area contributed by atoms with Gasteiger partial charge in [-0.1, -0.05) is 30.3 Å². The van der Waals surface area contributed by atoms with E-state index in [0.717, 1.165) is 13.2 Å². The molecule has 15 heavy (non-hydrogen) atoms. The van der Waals surface area contributed by atoms with Crippen LogP contribution in [-0.4, -0.2) is 33.0 Å². The Bertz CT molecular complexity index is 281. The average molecular weight is 207 g/mol. The maximum Gasteiger partial charge on any atom is 0.0933 e. The molecule has 0 aromatic heterocycles. The predicted molar refractivity (Wildman–Crippen MR) is 58.8 cm³/mol. The van der Waals surface area contributed by atoms with Gasteiger partial charge in [0, 0.05) is 13.7 Å². The monoisotopic (exact) mass is 207 g/mol. The van der Waals surface area contributed by atoms with Gasteiger partial charge in [-0.2, -0.15) is 0 Å². The Hall–Kier alpha value is -0.900. The van der Waals surface area contributed by atoms with Crippen molar-refractivity contribution in [3.05, 3.63) is 35.9 Å². The molecule has 0 saturated carbocycles. The third-order valence-corrected chi connectivity index (χ3v) is 2.65. The maximum atomic E-state index is 5.70. The van der Waals surface area contributed by atoms with Gasteiger partial charge in [-0.05, 0) is 5.56 Å². The van der Waals surface area contributed by atoms with E-state index in [9.17, 15) is 0 Å². The standard InChI is InChI=1S/C12H17NO2/c1-14-8-11-7-13-12(9-15-11)10-5-3-2-4-6-10/h2-6,11-13H,7-9H2,1H3. The van der Waals surface area contributed by atoms with Crippen LogP contribution in [0.15, 0.2) is 30.3 Å². The average Bonchev–Trinajstić information content (AvgIpc) is 2.32. The largest absolute Gasteiger partial charge is 0.382 e. The van der Waals surface area contributed by atoms with E-state index >= 15 is 0 Å². The lowest BCUT2D eigenvalue weighted by atomic mass is 10.1. The minimum Gasteiger partial charge on any atom is -0.382 e. The predicted octanol–water partition coefficient (Wildman–Crippen LogP) is 1.36. The van der Waals surface area contributed by atoms with Crippen LogP contribution in [0, 0.1) is 0 Å². The molecule has 0 aliphatic carbocycles. The molecule has 1 saturated heterocycles. The lowest BCUT2D eigenvalue weighted by Gasteiger charge is -2.30. The second-order valence-corrected chi connectivity index (χ2v) is 3.78. The molecule has 1 aliphatic rings. The van der Waals surface area contributed by atoms with Crippen molar-refractivity contribution in [2.45, 2.75) is 12.1 Å². The molecule has 0 amide bonds. The van der Waals surface area contributed by atoms with Crippen LogP contribution < -0.4 is 5.32 Å². The van der Waals surface area contributed by atoms with E-state index in [1.807, 2.05) is 6.07 Å². The summed E-state index contributed by atoms with van der Waals surface area (Å²) >= 11 is 0. The number of rotatable bonds is 3. The molecule has 2 atom stereocenters. The third-order valence-electron chi connectivity index (χ3n) is 2.65. The molecule has 3 nitrogen and oxygen atoms in total. The molecule has 1 aliphatic heterocycles. The highest BCUT2D eigenvalue weighted by Gasteiger charge is 2.21. The Balaban J connectivity index is 1.88. The molecule has 1 fully saturated rings. The molecule has 0 radical (unpaired) electrons. The van der Waals surface area contributed by atoms with Crippen LogP contribution >= 0.6 is 0 Å². The second-order valence-electron chi connectivity index (χ2n) is 3.78. The van der Waals surface area contributed by atoms with Crippen LogP contribution in [0.5, 0.6) is 0 Å². The fourth-order valence-electron chi connectivity index (χ4n) is 1.82. The molecule has 3 heteroatoms. The summed E-state index contributed by atoms with van der Waals surface area (Å²) in [5.41, 5.74) is 1.29. The number of hydrogen-bond donors (Lipinski definition) is 1. The van der Waals surface area contributed by atoms with E-state index in [1.165, 1.54) is 5.56 Å².